The maximum Gasteiger partial charge on any atom is 0.223 e. The maximum atomic E-state index is 12.9. The lowest BCUT2D eigenvalue weighted by Crippen LogP contribution is -2.54. The van der Waals surface area contributed by atoms with Gasteiger partial charge in [-0.2, -0.15) is 0 Å². The molecule has 0 aromatic heterocycles. The van der Waals surface area contributed by atoms with Gasteiger partial charge >= 0.3 is 0 Å². The number of rotatable bonds is 4. The van der Waals surface area contributed by atoms with Crippen molar-refractivity contribution in [1.29, 1.82) is 0 Å². The summed E-state index contributed by atoms with van der Waals surface area (Å²) in [4.78, 5) is 26.5. The molecule has 1 saturated carbocycles. The number of hydrogen-bond acceptors (Lipinski definition) is 3. The van der Waals surface area contributed by atoms with Gasteiger partial charge in [-0.15, -0.1) is 0 Å². The van der Waals surface area contributed by atoms with Gasteiger partial charge in [-0.05, 0) is 37.1 Å². The molecule has 3 rings (SSSR count). The van der Waals surface area contributed by atoms with Gasteiger partial charge in [0.25, 0.3) is 0 Å². The van der Waals surface area contributed by atoms with Gasteiger partial charge in [0.15, 0.2) is 5.78 Å². The van der Waals surface area contributed by atoms with Crippen molar-refractivity contribution in [3.05, 3.63) is 35.6 Å². The van der Waals surface area contributed by atoms with Crippen LogP contribution in [-0.2, 0) is 9.53 Å². The Kier molecular flexibility index (Phi) is 5.06. The fourth-order valence-electron chi connectivity index (χ4n) is 3.55. The molecule has 1 aromatic rings. The van der Waals surface area contributed by atoms with Crippen LogP contribution >= 0.6 is 0 Å². The van der Waals surface area contributed by atoms with E-state index >= 15 is 0 Å². The second kappa shape index (κ2) is 7.21. The highest BCUT2D eigenvalue weighted by molar-refractivity contribution is 5.97. The van der Waals surface area contributed by atoms with Crippen molar-refractivity contribution in [2.45, 2.75) is 50.7 Å². The van der Waals surface area contributed by atoms with Crippen molar-refractivity contribution in [3.8, 4) is 0 Å². The molecule has 1 aromatic carbocycles. The van der Waals surface area contributed by atoms with Crippen molar-refractivity contribution in [2.24, 2.45) is 0 Å². The second-order valence-electron chi connectivity index (χ2n) is 6.28. The van der Waals surface area contributed by atoms with Crippen LogP contribution in [0.25, 0.3) is 0 Å². The van der Waals surface area contributed by atoms with Crippen molar-refractivity contribution in [1.82, 2.24) is 4.90 Å². The Labute approximate surface area is 135 Å². The maximum absolute atomic E-state index is 12.9. The van der Waals surface area contributed by atoms with Crippen LogP contribution in [0.15, 0.2) is 24.3 Å². The molecule has 5 heteroatoms. The van der Waals surface area contributed by atoms with Crippen LogP contribution in [0.2, 0.25) is 0 Å². The molecule has 0 radical (unpaired) electrons. The molecule has 2 aliphatic rings. The van der Waals surface area contributed by atoms with Crippen LogP contribution in [0.1, 0.15) is 48.9 Å². The summed E-state index contributed by atoms with van der Waals surface area (Å²) in [6.45, 7) is 1.20. The third kappa shape index (κ3) is 3.78. The first-order chi connectivity index (χ1) is 11.1. The van der Waals surface area contributed by atoms with Crippen LogP contribution < -0.4 is 0 Å². The van der Waals surface area contributed by atoms with E-state index in [1.165, 1.54) is 24.3 Å². The fraction of sp³-hybridized carbons (Fsp3) is 0.556. The van der Waals surface area contributed by atoms with Crippen LogP contribution in [0.5, 0.6) is 0 Å². The van der Waals surface area contributed by atoms with E-state index in [4.69, 9.17) is 4.74 Å². The molecule has 1 amide bonds. The lowest BCUT2D eigenvalue weighted by molar-refractivity contribution is -0.149. The van der Waals surface area contributed by atoms with Crippen LogP contribution in [0, 0.1) is 5.82 Å². The Morgan fingerprint density at radius 3 is 2.65 bits per heavy atom. The standard InChI is InChI=1S/C18H22FNO3/c19-14-7-5-13(6-8-14)16(21)9-10-18(22)20-11-12-23-17-4-2-1-3-15(17)20/h5-8,15,17H,1-4,9-12H2. The second-order valence-corrected chi connectivity index (χ2v) is 6.28. The number of hydrogen-bond donors (Lipinski definition) is 0. The average Bonchev–Trinajstić information content (AvgIpc) is 2.59. The average molecular weight is 319 g/mol. The van der Waals surface area contributed by atoms with E-state index in [9.17, 15) is 14.0 Å². The Balaban J connectivity index is 1.56. The lowest BCUT2D eigenvalue weighted by Gasteiger charge is -2.43. The molecule has 124 valence electrons. The largest absolute Gasteiger partial charge is 0.374 e. The van der Waals surface area contributed by atoms with E-state index in [0.29, 0.717) is 18.7 Å². The van der Waals surface area contributed by atoms with Crippen molar-refractivity contribution >= 4 is 11.7 Å². The van der Waals surface area contributed by atoms with Gasteiger partial charge < -0.3 is 9.64 Å². The summed E-state index contributed by atoms with van der Waals surface area (Å²) in [5.41, 5.74) is 0.455. The first-order valence-electron chi connectivity index (χ1n) is 8.35. The van der Waals surface area contributed by atoms with E-state index in [2.05, 4.69) is 0 Å². The molecular formula is C18H22FNO3. The number of halogens is 1. The SMILES string of the molecule is O=C(CCC(=O)N1CCOC2CCCCC21)c1ccc(F)cc1. The molecule has 2 atom stereocenters. The Morgan fingerprint density at radius 2 is 1.87 bits per heavy atom. The topological polar surface area (TPSA) is 46.6 Å². The third-order valence-electron chi connectivity index (χ3n) is 4.78. The van der Waals surface area contributed by atoms with Gasteiger partial charge in [-0.3, -0.25) is 9.59 Å². The van der Waals surface area contributed by atoms with Crippen molar-refractivity contribution in [2.75, 3.05) is 13.2 Å². The number of Topliss-reactive ketones (excluding diaryl/α,β-unsaturated/α-hetero) is 1. The number of ether oxygens (including phenoxy) is 1. The summed E-state index contributed by atoms with van der Waals surface area (Å²) in [6.07, 6.45) is 4.83. The smallest absolute Gasteiger partial charge is 0.223 e. The molecule has 2 unspecified atom stereocenters. The van der Waals surface area contributed by atoms with Crippen molar-refractivity contribution in [3.63, 3.8) is 0 Å². The number of morpholine rings is 1. The van der Waals surface area contributed by atoms with Gasteiger partial charge in [-0.25, -0.2) is 4.39 Å². The first kappa shape index (κ1) is 16.1. The summed E-state index contributed by atoms with van der Waals surface area (Å²) in [5.74, 6) is -0.457. The summed E-state index contributed by atoms with van der Waals surface area (Å²) in [6, 6.07) is 5.64. The summed E-state index contributed by atoms with van der Waals surface area (Å²) < 4.78 is 18.7. The normalized spacial score (nSPS) is 24.1. The minimum atomic E-state index is -0.366. The molecule has 1 heterocycles. The van der Waals surface area contributed by atoms with E-state index in [0.717, 1.165) is 25.7 Å². The molecule has 0 N–H and O–H groups in total. The first-order valence-corrected chi connectivity index (χ1v) is 8.35. The van der Waals surface area contributed by atoms with Crippen LogP contribution in [-0.4, -0.2) is 41.9 Å². The van der Waals surface area contributed by atoms with Gasteiger partial charge in [0, 0.05) is 24.9 Å². The van der Waals surface area contributed by atoms with Crippen LogP contribution in [0.4, 0.5) is 4.39 Å². The summed E-state index contributed by atoms with van der Waals surface area (Å²) in [5, 5.41) is 0. The minimum Gasteiger partial charge on any atom is -0.374 e. The highest BCUT2D eigenvalue weighted by atomic mass is 19.1. The van der Waals surface area contributed by atoms with Gasteiger partial charge in [0.05, 0.1) is 18.8 Å². The number of benzene rings is 1. The van der Waals surface area contributed by atoms with E-state index < -0.39 is 0 Å². The highest BCUT2D eigenvalue weighted by Gasteiger charge is 2.36. The quantitative estimate of drug-likeness (QED) is 0.802. The molecule has 0 spiro atoms. The monoisotopic (exact) mass is 319 g/mol. The predicted molar refractivity (Wildman–Crippen MR) is 83.7 cm³/mol. The van der Waals surface area contributed by atoms with E-state index in [1.54, 1.807) is 0 Å². The van der Waals surface area contributed by atoms with Gasteiger partial charge in [0.1, 0.15) is 5.82 Å². The zero-order chi connectivity index (χ0) is 16.2. The Hall–Kier alpha value is -1.75. The molecule has 0 bridgehead atoms. The minimum absolute atomic E-state index is 0.0284. The summed E-state index contributed by atoms with van der Waals surface area (Å²) >= 11 is 0. The third-order valence-corrected chi connectivity index (χ3v) is 4.78. The number of amides is 1. The zero-order valence-corrected chi connectivity index (χ0v) is 13.2. The van der Waals surface area contributed by atoms with Crippen LogP contribution in [0.3, 0.4) is 0 Å². The zero-order valence-electron chi connectivity index (χ0n) is 13.2. The Bertz CT molecular complexity index is 570. The molecule has 1 saturated heterocycles. The Morgan fingerprint density at radius 1 is 1.13 bits per heavy atom. The molecule has 1 aliphatic heterocycles. The number of ketones is 1. The van der Waals surface area contributed by atoms with Gasteiger partial charge in [0.2, 0.25) is 5.91 Å². The molecular weight excluding hydrogens is 297 g/mol. The highest BCUT2D eigenvalue weighted by Crippen LogP contribution is 2.29. The number of carbonyl (C=O) groups excluding carboxylic acids is 2. The molecule has 23 heavy (non-hydrogen) atoms. The fourth-order valence-corrected chi connectivity index (χ4v) is 3.55. The predicted octanol–water partition coefficient (Wildman–Crippen LogP) is 2.96. The summed E-state index contributed by atoms with van der Waals surface area (Å²) in [7, 11) is 0. The molecule has 1 aliphatic carbocycles. The number of nitrogens with zero attached hydrogens (tertiary/aromatic N) is 1. The van der Waals surface area contributed by atoms with Crippen molar-refractivity contribution < 1.29 is 18.7 Å². The lowest BCUT2D eigenvalue weighted by atomic mass is 9.90. The van der Waals surface area contributed by atoms with E-state index in [1.807, 2.05) is 4.90 Å². The van der Waals surface area contributed by atoms with E-state index in [-0.39, 0.29) is 42.5 Å². The van der Waals surface area contributed by atoms with Gasteiger partial charge in [-0.1, -0.05) is 12.8 Å². The number of carbonyl (C=O) groups is 2. The number of fused-ring (bicyclic) bond motifs is 1. The molecule has 4 nitrogen and oxygen atoms in total. The molecule has 2 fully saturated rings.